The number of imide groups is 1. The number of hydrogen-bond donors (Lipinski definition) is 1. The maximum Gasteiger partial charge on any atom is 0.246 e. The van der Waals surface area contributed by atoms with E-state index in [-0.39, 0.29) is 36.4 Å². The summed E-state index contributed by atoms with van der Waals surface area (Å²) < 4.78 is 5.57. The first-order valence-electron chi connectivity index (χ1n) is 6.35. The Morgan fingerprint density at radius 1 is 1.53 bits per heavy atom. The van der Waals surface area contributed by atoms with Gasteiger partial charge in [-0.3, -0.25) is 14.5 Å². The van der Waals surface area contributed by atoms with Gasteiger partial charge in [0.2, 0.25) is 11.8 Å². The molecular formula is C12H20N2O3. The fourth-order valence-electron chi connectivity index (χ4n) is 2.57. The Morgan fingerprint density at radius 3 is 2.82 bits per heavy atom. The lowest BCUT2D eigenvalue weighted by Gasteiger charge is -2.23. The molecule has 0 aromatic carbocycles. The number of likely N-dealkylation sites (N-methyl/N-ethyl adjacent to an activating group) is 1. The van der Waals surface area contributed by atoms with Crippen molar-refractivity contribution in [1.82, 2.24) is 10.2 Å². The normalized spacial score (nSPS) is 31.3. The van der Waals surface area contributed by atoms with Crippen LogP contribution in [0.2, 0.25) is 0 Å². The summed E-state index contributed by atoms with van der Waals surface area (Å²) in [5.41, 5.74) is 0. The summed E-state index contributed by atoms with van der Waals surface area (Å²) in [5.74, 6) is -0.170. The molecule has 5 heteroatoms. The molecule has 0 aliphatic carbocycles. The van der Waals surface area contributed by atoms with E-state index in [2.05, 4.69) is 5.32 Å². The monoisotopic (exact) mass is 240 g/mol. The van der Waals surface area contributed by atoms with E-state index in [1.807, 2.05) is 13.8 Å². The number of carbonyl (C=O) groups excluding carboxylic acids is 2. The second-order valence-electron chi connectivity index (χ2n) is 4.74. The highest BCUT2D eigenvalue weighted by molar-refractivity contribution is 6.05. The highest BCUT2D eigenvalue weighted by Crippen LogP contribution is 2.18. The van der Waals surface area contributed by atoms with Crippen molar-refractivity contribution in [1.29, 1.82) is 0 Å². The smallest absolute Gasteiger partial charge is 0.246 e. The fraction of sp³-hybridized carbons (Fsp3) is 0.833. The third-order valence-electron chi connectivity index (χ3n) is 3.55. The summed E-state index contributed by atoms with van der Waals surface area (Å²) in [6.07, 6.45) is 2.56. The average Bonchev–Trinajstić information content (AvgIpc) is 2.89. The second kappa shape index (κ2) is 5.14. The first-order chi connectivity index (χ1) is 8.13. The van der Waals surface area contributed by atoms with Gasteiger partial charge in [-0.1, -0.05) is 0 Å². The molecule has 2 fully saturated rings. The van der Waals surface area contributed by atoms with Gasteiger partial charge in [-0.05, 0) is 26.7 Å². The zero-order chi connectivity index (χ0) is 12.4. The van der Waals surface area contributed by atoms with E-state index < -0.39 is 0 Å². The summed E-state index contributed by atoms with van der Waals surface area (Å²) in [6, 6.07) is -0.238. The molecule has 2 heterocycles. The largest absolute Gasteiger partial charge is 0.377 e. The van der Waals surface area contributed by atoms with Crippen LogP contribution >= 0.6 is 0 Å². The minimum atomic E-state index is -0.360. The fourth-order valence-corrected chi connectivity index (χ4v) is 2.57. The van der Waals surface area contributed by atoms with Crippen LogP contribution < -0.4 is 5.32 Å². The third kappa shape index (κ3) is 2.50. The lowest BCUT2D eigenvalue weighted by molar-refractivity contribution is -0.138. The van der Waals surface area contributed by atoms with E-state index in [1.54, 1.807) is 0 Å². The molecule has 0 spiro atoms. The Kier molecular flexibility index (Phi) is 3.79. The Labute approximate surface area is 101 Å². The van der Waals surface area contributed by atoms with E-state index in [0.717, 1.165) is 19.4 Å². The quantitative estimate of drug-likeness (QED) is 0.718. The summed E-state index contributed by atoms with van der Waals surface area (Å²) in [7, 11) is 0. The zero-order valence-electron chi connectivity index (χ0n) is 10.4. The second-order valence-corrected chi connectivity index (χ2v) is 4.74. The van der Waals surface area contributed by atoms with Crippen molar-refractivity contribution in [3.05, 3.63) is 0 Å². The zero-order valence-corrected chi connectivity index (χ0v) is 10.4. The van der Waals surface area contributed by atoms with Crippen molar-refractivity contribution in [3.8, 4) is 0 Å². The molecule has 17 heavy (non-hydrogen) atoms. The van der Waals surface area contributed by atoms with Crippen molar-refractivity contribution in [2.24, 2.45) is 0 Å². The molecule has 0 bridgehead atoms. The van der Waals surface area contributed by atoms with Gasteiger partial charge in [0.25, 0.3) is 0 Å². The number of carbonyl (C=O) groups is 2. The van der Waals surface area contributed by atoms with Crippen LogP contribution in [0, 0.1) is 0 Å². The predicted octanol–water partition coefficient (Wildman–Crippen LogP) is 0.291. The standard InChI is InChI=1S/C12H20N2O3/c1-3-14-11(15)7-9(12(14)16)13-8(2)10-5-4-6-17-10/h8-10,13H,3-7H2,1-2H3. The molecule has 5 nitrogen and oxygen atoms in total. The van der Waals surface area contributed by atoms with Crippen LogP contribution in [0.4, 0.5) is 0 Å². The predicted molar refractivity (Wildman–Crippen MR) is 62.4 cm³/mol. The Balaban J connectivity index is 1.91. The number of ether oxygens (including phenoxy) is 1. The highest BCUT2D eigenvalue weighted by Gasteiger charge is 2.39. The van der Waals surface area contributed by atoms with Gasteiger partial charge in [-0.15, -0.1) is 0 Å². The van der Waals surface area contributed by atoms with Crippen LogP contribution in [0.15, 0.2) is 0 Å². The van der Waals surface area contributed by atoms with Crippen LogP contribution in [0.3, 0.4) is 0 Å². The molecule has 0 aromatic heterocycles. The lowest BCUT2D eigenvalue weighted by atomic mass is 10.1. The SMILES string of the molecule is CCN1C(=O)CC(NC(C)C2CCCO2)C1=O. The van der Waals surface area contributed by atoms with Crippen molar-refractivity contribution in [3.63, 3.8) is 0 Å². The average molecular weight is 240 g/mol. The number of rotatable bonds is 4. The van der Waals surface area contributed by atoms with Gasteiger partial charge in [0, 0.05) is 19.2 Å². The molecule has 0 saturated carbocycles. The summed E-state index contributed by atoms with van der Waals surface area (Å²) in [5, 5.41) is 3.23. The van der Waals surface area contributed by atoms with Crippen molar-refractivity contribution in [2.45, 2.75) is 51.3 Å². The summed E-state index contributed by atoms with van der Waals surface area (Å²) >= 11 is 0. The van der Waals surface area contributed by atoms with Gasteiger partial charge in [0.15, 0.2) is 0 Å². The minimum Gasteiger partial charge on any atom is -0.377 e. The maximum atomic E-state index is 11.9. The number of hydrogen-bond acceptors (Lipinski definition) is 4. The molecule has 1 N–H and O–H groups in total. The van der Waals surface area contributed by atoms with Crippen molar-refractivity contribution >= 4 is 11.8 Å². The molecule has 0 radical (unpaired) electrons. The van der Waals surface area contributed by atoms with Gasteiger partial charge in [0.05, 0.1) is 18.6 Å². The molecule has 3 atom stereocenters. The van der Waals surface area contributed by atoms with Gasteiger partial charge in [-0.2, -0.15) is 0 Å². The topological polar surface area (TPSA) is 58.6 Å². The molecule has 2 aliphatic rings. The van der Waals surface area contributed by atoms with Crippen LogP contribution in [0.1, 0.15) is 33.1 Å². The van der Waals surface area contributed by atoms with Crippen LogP contribution in [-0.2, 0) is 14.3 Å². The van der Waals surface area contributed by atoms with Gasteiger partial charge >= 0.3 is 0 Å². The van der Waals surface area contributed by atoms with Gasteiger partial charge in [-0.25, -0.2) is 0 Å². The lowest BCUT2D eigenvalue weighted by Crippen LogP contribution is -2.47. The van der Waals surface area contributed by atoms with E-state index >= 15 is 0 Å². The number of amides is 2. The van der Waals surface area contributed by atoms with E-state index in [0.29, 0.717) is 6.54 Å². The molecule has 0 aromatic rings. The number of likely N-dealkylation sites (tertiary alicyclic amines) is 1. The molecular weight excluding hydrogens is 220 g/mol. The van der Waals surface area contributed by atoms with E-state index in [1.165, 1.54) is 4.90 Å². The van der Waals surface area contributed by atoms with E-state index in [4.69, 9.17) is 4.74 Å². The molecule has 2 rings (SSSR count). The van der Waals surface area contributed by atoms with Crippen LogP contribution in [0.25, 0.3) is 0 Å². The van der Waals surface area contributed by atoms with E-state index in [9.17, 15) is 9.59 Å². The maximum absolute atomic E-state index is 11.9. The Morgan fingerprint density at radius 2 is 2.29 bits per heavy atom. The first-order valence-corrected chi connectivity index (χ1v) is 6.35. The van der Waals surface area contributed by atoms with Crippen LogP contribution in [0.5, 0.6) is 0 Å². The molecule has 96 valence electrons. The first kappa shape index (κ1) is 12.5. The molecule has 2 saturated heterocycles. The molecule has 3 unspecified atom stereocenters. The van der Waals surface area contributed by atoms with Crippen molar-refractivity contribution in [2.75, 3.05) is 13.2 Å². The number of nitrogens with one attached hydrogen (secondary N) is 1. The summed E-state index contributed by atoms with van der Waals surface area (Å²) in [4.78, 5) is 24.8. The minimum absolute atomic E-state index is 0.0745. The Bertz CT molecular complexity index is 313. The number of nitrogens with zero attached hydrogens (tertiary/aromatic N) is 1. The van der Waals surface area contributed by atoms with Gasteiger partial charge in [0.1, 0.15) is 0 Å². The highest BCUT2D eigenvalue weighted by atomic mass is 16.5. The Hall–Kier alpha value is -0.940. The third-order valence-corrected chi connectivity index (χ3v) is 3.55. The van der Waals surface area contributed by atoms with Crippen LogP contribution in [-0.4, -0.2) is 48.1 Å². The summed E-state index contributed by atoms with van der Waals surface area (Å²) in [6.45, 7) is 5.10. The molecule has 2 aliphatic heterocycles. The van der Waals surface area contributed by atoms with Gasteiger partial charge < -0.3 is 10.1 Å². The molecule has 2 amide bonds. The van der Waals surface area contributed by atoms with Crippen molar-refractivity contribution < 1.29 is 14.3 Å².